The number of rotatable bonds is 6. The first-order chi connectivity index (χ1) is 19.0. The third kappa shape index (κ3) is 3.66. The predicted octanol–water partition coefficient (Wildman–Crippen LogP) is 5.95. The van der Waals surface area contributed by atoms with Crippen molar-refractivity contribution in [1.82, 2.24) is 4.90 Å². The monoisotopic (exact) mass is 539 g/mol. The molecule has 206 valence electrons. The summed E-state index contributed by atoms with van der Waals surface area (Å²) >= 11 is 0. The number of amides is 1. The van der Waals surface area contributed by atoms with Crippen molar-refractivity contribution in [1.29, 1.82) is 0 Å². The molecule has 3 heterocycles. The first kappa shape index (κ1) is 26.3. The summed E-state index contributed by atoms with van der Waals surface area (Å²) in [6.07, 6.45) is 0. The molecule has 8 nitrogen and oxygen atoms in total. The van der Waals surface area contributed by atoms with Gasteiger partial charge in [0.2, 0.25) is 11.7 Å². The molecule has 2 bridgehead atoms. The van der Waals surface area contributed by atoms with Gasteiger partial charge in [0, 0.05) is 29.8 Å². The lowest BCUT2D eigenvalue weighted by Crippen LogP contribution is -2.50. The van der Waals surface area contributed by atoms with E-state index in [4.69, 9.17) is 14.5 Å². The van der Waals surface area contributed by atoms with Gasteiger partial charge in [-0.25, -0.2) is 4.99 Å². The van der Waals surface area contributed by atoms with Crippen molar-refractivity contribution in [3.05, 3.63) is 111 Å². The fraction of sp³-hybridized carbons (Fsp3) is 0.375. The lowest BCUT2D eigenvalue weighted by atomic mass is 9.72. The lowest BCUT2D eigenvalue weighted by molar-refractivity contribution is -0.384. The summed E-state index contributed by atoms with van der Waals surface area (Å²) < 4.78 is 13.6. The quantitative estimate of drug-likeness (QED) is 0.285. The van der Waals surface area contributed by atoms with Gasteiger partial charge in [0.25, 0.3) is 5.69 Å². The highest BCUT2D eigenvalue weighted by atomic mass is 16.7. The van der Waals surface area contributed by atoms with Crippen LogP contribution in [0.25, 0.3) is 0 Å². The zero-order chi connectivity index (χ0) is 28.4. The third-order valence-corrected chi connectivity index (χ3v) is 8.26. The number of aryl methyl sites for hydroxylation is 1. The molecule has 0 saturated carbocycles. The molecule has 8 heteroatoms. The van der Waals surface area contributed by atoms with E-state index in [1.807, 2.05) is 94.1 Å². The van der Waals surface area contributed by atoms with E-state index in [0.717, 1.165) is 16.7 Å². The topological polar surface area (TPSA) is 94.3 Å². The highest BCUT2D eigenvalue weighted by Gasteiger charge is 2.80. The third-order valence-electron chi connectivity index (χ3n) is 8.26. The maximum atomic E-state index is 14.6. The zero-order valence-corrected chi connectivity index (χ0v) is 23.3. The first-order valence-corrected chi connectivity index (χ1v) is 13.7. The van der Waals surface area contributed by atoms with Crippen LogP contribution in [0.1, 0.15) is 61.9 Å². The Bertz CT molecular complexity index is 1500. The van der Waals surface area contributed by atoms with E-state index in [2.05, 4.69) is 0 Å². The van der Waals surface area contributed by atoms with Gasteiger partial charge in [0.1, 0.15) is 17.7 Å². The van der Waals surface area contributed by atoms with Gasteiger partial charge < -0.3 is 14.4 Å². The Morgan fingerprint density at radius 3 is 2.20 bits per heavy atom. The molecule has 2 saturated heterocycles. The van der Waals surface area contributed by atoms with Crippen molar-refractivity contribution in [2.45, 2.75) is 63.6 Å². The number of aliphatic imine (C=N–C) groups is 1. The minimum absolute atomic E-state index is 0.0120. The smallest absolute Gasteiger partial charge is 0.269 e. The molecule has 3 aromatic rings. The Hall–Kier alpha value is -3.88. The van der Waals surface area contributed by atoms with Crippen LogP contribution in [-0.4, -0.2) is 45.1 Å². The highest BCUT2D eigenvalue weighted by Crippen LogP contribution is 2.68. The summed E-state index contributed by atoms with van der Waals surface area (Å²) in [5, 5.41) is 11.4. The minimum atomic E-state index is -1.35. The van der Waals surface area contributed by atoms with Crippen molar-refractivity contribution in [2.75, 3.05) is 6.61 Å². The maximum absolute atomic E-state index is 14.6. The summed E-state index contributed by atoms with van der Waals surface area (Å²) in [5.74, 6) is -2.49. The SMILES string of the molecule is CCO[C@@]12O[C@@]3(N=C1c1ccc([N+](=O)[O-])cc1)[C@H](C(=O)N(C(C)(C)C)[C@@H]3c1ccc(C)cc1)[C@H]2c1ccccc1. The van der Waals surface area contributed by atoms with Crippen LogP contribution in [0.3, 0.4) is 0 Å². The highest BCUT2D eigenvalue weighted by molar-refractivity contribution is 6.10. The Morgan fingerprint density at radius 1 is 0.975 bits per heavy atom. The molecule has 1 amide bonds. The van der Waals surface area contributed by atoms with Gasteiger partial charge in [-0.05, 0) is 57.9 Å². The van der Waals surface area contributed by atoms with Crippen LogP contribution < -0.4 is 0 Å². The number of carbonyl (C=O) groups is 1. The van der Waals surface area contributed by atoms with Gasteiger partial charge >= 0.3 is 0 Å². The van der Waals surface area contributed by atoms with E-state index >= 15 is 0 Å². The lowest BCUT2D eigenvalue weighted by Gasteiger charge is -2.41. The number of nitrogens with zero attached hydrogens (tertiary/aromatic N) is 3. The standard InChI is InChI=1S/C32H33N3O5/c1-6-39-32-25(21-10-8-7-9-11-21)26-29(36)34(30(3,4)5)28(23-14-12-20(2)13-15-23)31(26,40-32)33-27(32)22-16-18-24(19-17-22)35(37)38/h7-19,25-26,28H,6H2,1-5H3/t25-,26+,28-,31+,32+/m1/s1. The molecule has 5 atom stereocenters. The number of ether oxygens (including phenoxy) is 2. The molecular weight excluding hydrogens is 506 g/mol. The Balaban J connectivity index is 1.64. The van der Waals surface area contributed by atoms with E-state index in [9.17, 15) is 14.9 Å². The van der Waals surface area contributed by atoms with Crippen LogP contribution in [0.15, 0.2) is 83.9 Å². The van der Waals surface area contributed by atoms with Crippen molar-refractivity contribution in [3.8, 4) is 0 Å². The van der Waals surface area contributed by atoms with Crippen molar-refractivity contribution in [2.24, 2.45) is 10.9 Å². The average Bonchev–Trinajstić information content (AvgIpc) is 3.50. The van der Waals surface area contributed by atoms with Crippen LogP contribution in [0.2, 0.25) is 0 Å². The van der Waals surface area contributed by atoms with Crippen molar-refractivity contribution < 1.29 is 19.2 Å². The van der Waals surface area contributed by atoms with Gasteiger partial charge in [0.05, 0.1) is 10.8 Å². The second-order valence-electron chi connectivity index (χ2n) is 11.8. The number of nitro groups is 1. The second kappa shape index (κ2) is 9.08. The number of carbonyl (C=O) groups excluding carboxylic acids is 1. The molecular formula is C32H33N3O5. The number of likely N-dealkylation sites (tertiary alicyclic amines) is 1. The number of hydrogen-bond acceptors (Lipinski definition) is 6. The Labute approximate surface area is 233 Å². The first-order valence-electron chi connectivity index (χ1n) is 13.7. The summed E-state index contributed by atoms with van der Waals surface area (Å²) in [6.45, 7) is 10.4. The molecule has 2 fully saturated rings. The normalized spacial score (nSPS) is 29.0. The molecule has 0 radical (unpaired) electrons. The number of non-ortho nitro benzene ring substituents is 1. The van der Waals surface area contributed by atoms with E-state index in [0.29, 0.717) is 17.9 Å². The molecule has 3 aliphatic heterocycles. The average molecular weight is 540 g/mol. The zero-order valence-electron chi connectivity index (χ0n) is 23.3. The Morgan fingerprint density at radius 2 is 1.62 bits per heavy atom. The van der Waals surface area contributed by atoms with Gasteiger partial charge in [-0.15, -0.1) is 0 Å². The molecule has 0 unspecified atom stereocenters. The number of benzene rings is 3. The van der Waals surface area contributed by atoms with Crippen LogP contribution in [-0.2, 0) is 14.3 Å². The summed E-state index contributed by atoms with van der Waals surface area (Å²) in [6, 6.07) is 23.8. The van der Waals surface area contributed by atoms with E-state index in [1.165, 1.54) is 12.1 Å². The van der Waals surface area contributed by atoms with Crippen molar-refractivity contribution in [3.63, 3.8) is 0 Å². The van der Waals surface area contributed by atoms with Gasteiger partial charge in [-0.2, -0.15) is 0 Å². The van der Waals surface area contributed by atoms with E-state index in [1.54, 1.807) is 12.1 Å². The number of nitro benzene ring substituents is 1. The molecule has 40 heavy (non-hydrogen) atoms. The molecule has 1 spiro atoms. The molecule has 6 rings (SSSR count). The van der Waals surface area contributed by atoms with E-state index in [-0.39, 0.29) is 11.6 Å². The fourth-order valence-electron chi connectivity index (χ4n) is 6.77. The number of fused-ring (bicyclic) bond motifs is 1. The predicted molar refractivity (Wildman–Crippen MR) is 151 cm³/mol. The molecule has 0 aromatic heterocycles. The van der Waals surface area contributed by atoms with Crippen LogP contribution in [0.4, 0.5) is 5.69 Å². The fourth-order valence-corrected chi connectivity index (χ4v) is 6.77. The summed E-state index contributed by atoms with van der Waals surface area (Å²) in [4.78, 5) is 32.8. The van der Waals surface area contributed by atoms with Crippen LogP contribution in [0, 0.1) is 23.0 Å². The van der Waals surface area contributed by atoms with Gasteiger partial charge in [-0.1, -0.05) is 60.2 Å². The molecule has 3 aromatic carbocycles. The summed E-state index contributed by atoms with van der Waals surface area (Å²) in [7, 11) is 0. The summed E-state index contributed by atoms with van der Waals surface area (Å²) in [5.41, 5.74) is 2.40. The minimum Gasteiger partial charge on any atom is -0.344 e. The van der Waals surface area contributed by atoms with E-state index < -0.39 is 39.9 Å². The molecule has 3 aliphatic rings. The van der Waals surface area contributed by atoms with Crippen molar-refractivity contribution >= 4 is 17.3 Å². The Kier molecular flexibility index (Phi) is 5.98. The molecule has 0 aliphatic carbocycles. The largest absolute Gasteiger partial charge is 0.344 e. The van der Waals surface area contributed by atoms with Crippen LogP contribution in [0.5, 0.6) is 0 Å². The van der Waals surface area contributed by atoms with Gasteiger partial charge in [-0.3, -0.25) is 14.9 Å². The van der Waals surface area contributed by atoms with Gasteiger partial charge in [0.15, 0.2) is 5.72 Å². The second-order valence-corrected chi connectivity index (χ2v) is 11.8. The van der Waals surface area contributed by atoms with Crippen LogP contribution >= 0.6 is 0 Å². The molecule has 0 N–H and O–H groups in total. The maximum Gasteiger partial charge on any atom is 0.269 e. The number of hydrogen-bond donors (Lipinski definition) is 0.